The Hall–Kier alpha value is -1.80. The van der Waals surface area contributed by atoms with Gasteiger partial charge in [-0.15, -0.1) is 0 Å². The summed E-state index contributed by atoms with van der Waals surface area (Å²) in [7, 11) is 0. The van der Waals surface area contributed by atoms with E-state index in [0.717, 1.165) is 0 Å². The molecule has 0 radical (unpaired) electrons. The van der Waals surface area contributed by atoms with Crippen LogP contribution >= 0.6 is 0 Å². The molecule has 0 rings (SSSR count). The lowest BCUT2D eigenvalue weighted by atomic mass is 10.2. The molecule has 2 atom stereocenters. The van der Waals surface area contributed by atoms with Gasteiger partial charge in [-0.05, 0) is 6.42 Å². The molecule has 0 saturated heterocycles. The summed E-state index contributed by atoms with van der Waals surface area (Å²) >= 11 is 0. The highest BCUT2D eigenvalue weighted by atomic mass is 19.4. The van der Waals surface area contributed by atoms with Crippen LogP contribution in [0.3, 0.4) is 0 Å². The topological polar surface area (TPSA) is 44.8 Å². The Morgan fingerprint density at radius 1 is 0.618 bits per heavy atom. The molecule has 4 nitrogen and oxygen atoms in total. The minimum atomic E-state index is -8.04. The summed E-state index contributed by atoms with van der Waals surface area (Å²) in [5, 5.41) is 0. The van der Waals surface area contributed by atoms with Crippen molar-refractivity contribution in [3.63, 3.8) is 0 Å². The Balaban J connectivity index is 6.61. The van der Waals surface area contributed by atoms with Crippen molar-refractivity contribution in [2.75, 3.05) is 6.61 Å². The maximum absolute atomic E-state index is 14.0. The molecule has 0 spiro atoms. The Bertz CT molecular complexity index is 712. The van der Waals surface area contributed by atoms with Crippen LogP contribution in [0.15, 0.2) is 0 Å². The van der Waals surface area contributed by atoms with E-state index in [1.54, 1.807) is 0 Å². The van der Waals surface area contributed by atoms with Gasteiger partial charge in [0, 0.05) is 0 Å². The Kier molecular flexibility index (Phi) is 8.84. The van der Waals surface area contributed by atoms with Crippen LogP contribution in [-0.4, -0.2) is 61.0 Å². The minimum Gasteiger partial charge on any atom is -0.461 e. The number of carbonyl (C=O) groups is 1. The Morgan fingerprint density at radius 3 is 1.38 bits per heavy atom. The van der Waals surface area contributed by atoms with Gasteiger partial charge in [0.2, 0.25) is 0 Å². The van der Waals surface area contributed by atoms with Gasteiger partial charge in [0.1, 0.15) is 0 Å². The van der Waals surface area contributed by atoms with Crippen LogP contribution in [0.5, 0.6) is 0 Å². The number of unbranched alkanes of at least 4 members (excludes halogenated alkanes) is 1. The Labute approximate surface area is 175 Å². The number of ether oxygens (including phenoxy) is 3. The molecule has 0 aliphatic rings. The summed E-state index contributed by atoms with van der Waals surface area (Å²) in [6.07, 6.45) is -38.9. The molecule has 0 aromatic heterocycles. The van der Waals surface area contributed by atoms with Crippen molar-refractivity contribution in [2.24, 2.45) is 0 Å². The summed E-state index contributed by atoms with van der Waals surface area (Å²) in [4.78, 5) is 11.2. The number of halogens is 17. The molecule has 0 fully saturated rings. The zero-order valence-electron chi connectivity index (χ0n) is 15.7. The second kappa shape index (κ2) is 9.34. The quantitative estimate of drug-likeness (QED) is 0.184. The average Bonchev–Trinajstić information content (AvgIpc) is 2.57. The predicted octanol–water partition coefficient (Wildman–Crippen LogP) is 6.20. The number of rotatable bonds is 10. The van der Waals surface area contributed by atoms with Crippen LogP contribution in [0.2, 0.25) is 0 Å². The normalized spacial score (nSPS) is 18.3. The summed E-state index contributed by atoms with van der Waals surface area (Å²) in [6.45, 7) is 0.0262. The fraction of sp³-hybridized carbons (Fsp3) is 0.923. The second-order valence-corrected chi connectivity index (χ2v) is 5.99. The fourth-order valence-corrected chi connectivity index (χ4v) is 1.55. The monoisotopic (exact) mass is 552 g/mol. The van der Waals surface area contributed by atoms with Crippen LogP contribution in [-0.2, 0) is 19.0 Å². The van der Waals surface area contributed by atoms with Crippen molar-refractivity contribution in [3.8, 4) is 0 Å². The third-order valence-corrected chi connectivity index (χ3v) is 3.36. The molecule has 0 saturated carbocycles. The molecule has 0 aromatic rings. The van der Waals surface area contributed by atoms with Crippen molar-refractivity contribution in [2.45, 2.75) is 68.1 Å². The number of esters is 1. The lowest BCUT2D eigenvalue weighted by Crippen LogP contribution is -2.68. The fourth-order valence-electron chi connectivity index (χ4n) is 1.55. The summed E-state index contributed by atoms with van der Waals surface area (Å²) in [5.41, 5.74) is 0. The lowest BCUT2D eigenvalue weighted by molar-refractivity contribution is -0.548. The smallest absolute Gasteiger partial charge is 0.461 e. The highest BCUT2D eigenvalue weighted by molar-refractivity contribution is 5.78. The molecule has 0 heterocycles. The van der Waals surface area contributed by atoms with Gasteiger partial charge in [-0.3, -0.25) is 9.47 Å². The molecular weight excluding hydrogens is 543 g/mol. The van der Waals surface area contributed by atoms with E-state index in [-0.39, 0.29) is 6.42 Å². The van der Waals surface area contributed by atoms with Crippen molar-refractivity contribution < 1.29 is 93.6 Å². The van der Waals surface area contributed by atoms with Crippen molar-refractivity contribution in [1.82, 2.24) is 0 Å². The largest absolute Gasteiger partial charge is 0.462 e. The molecular formula is C13H9F17O4. The third kappa shape index (κ3) is 5.88. The van der Waals surface area contributed by atoms with Crippen LogP contribution in [0.4, 0.5) is 74.6 Å². The van der Waals surface area contributed by atoms with Crippen LogP contribution in [0.1, 0.15) is 19.8 Å². The summed E-state index contributed by atoms with van der Waals surface area (Å²) in [5.74, 6) is -26.3. The molecule has 204 valence electrons. The van der Waals surface area contributed by atoms with Gasteiger partial charge >= 0.3 is 54.3 Å². The summed E-state index contributed by atoms with van der Waals surface area (Å²) < 4.78 is 226. The van der Waals surface area contributed by atoms with Gasteiger partial charge in [-0.1, -0.05) is 13.3 Å². The number of alkyl halides is 17. The summed E-state index contributed by atoms with van der Waals surface area (Å²) in [6, 6.07) is 0. The van der Waals surface area contributed by atoms with Gasteiger partial charge in [-0.2, -0.15) is 74.6 Å². The first-order valence-corrected chi connectivity index (χ1v) is 7.93. The van der Waals surface area contributed by atoms with E-state index in [1.807, 2.05) is 4.74 Å². The highest BCUT2D eigenvalue weighted by Crippen LogP contribution is 2.56. The molecule has 34 heavy (non-hydrogen) atoms. The van der Waals surface area contributed by atoms with E-state index in [1.165, 1.54) is 11.7 Å². The van der Waals surface area contributed by atoms with Gasteiger partial charge < -0.3 is 4.74 Å². The number of hydrogen-bond donors (Lipinski definition) is 0. The molecule has 21 heteroatoms. The van der Waals surface area contributed by atoms with E-state index < -0.39 is 67.4 Å². The van der Waals surface area contributed by atoms with Gasteiger partial charge in [0.05, 0.1) is 6.61 Å². The zero-order chi connectivity index (χ0) is 27.8. The molecule has 0 bridgehead atoms. The molecule has 0 aromatic carbocycles. The van der Waals surface area contributed by atoms with Crippen molar-refractivity contribution in [3.05, 3.63) is 0 Å². The van der Waals surface area contributed by atoms with Crippen molar-refractivity contribution in [1.29, 1.82) is 0 Å². The highest BCUT2D eigenvalue weighted by Gasteiger charge is 2.85. The van der Waals surface area contributed by atoms with Crippen LogP contribution < -0.4 is 0 Å². The maximum Gasteiger partial charge on any atom is 0.462 e. The average molecular weight is 552 g/mol. The Morgan fingerprint density at radius 2 is 1.06 bits per heavy atom. The standard InChI is InChI=1S/C13H9F17O4/c1-2-3-4-32-5(31)6(14,9(18,19)20)33-13(29,30)8(17,11(24,25)26)34-12(27,28)7(15,16)10(21,22)23/h2-4H2,1H3. The predicted molar refractivity (Wildman–Crippen MR) is 68.7 cm³/mol. The number of carbonyl (C=O) groups excluding carboxylic acids is 1. The van der Waals surface area contributed by atoms with E-state index in [0.29, 0.717) is 0 Å². The molecule has 0 aliphatic carbocycles. The second-order valence-electron chi connectivity index (χ2n) is 5.99. The van der Waals surface area contributed by atoms with Gasteiger partial charge in [0.25, 0.3) is 0 Å². The minimum absolute atomic E-state index is 0.0341. The first-order valence-electron chi connectivity index (χ1n) is 7.93. The van der Waals surface area contributed by atoms with E-state index in [2.05, 4.69) is 4.74 Å². The van der Waals surface area contributed by atoms with Gasteiger partial charge in [0.15, 0.2) is 0 Å². The third-order valence-electron chi connectivity index (χ3n) is 3.36. The first kappa shape index (κ1) is 32.2. The van der Waals surface area contributed by atoms with Crippen LogP contribution in [0, 0.1) is 0 Å². The van der Waals surface area contributed by atoms with Gasteiger partial charge in [-0.25, -0.2) is 4.79 Å². The van der Waals surface area contributed by atoms with E-state index >= 15 is 0 Å². The molecule has 0 N–H and O–H groups in total. The van der Waals surface area contributed by atoms with Crippen LogP contribution in [0.25, 0.3) is 0 Å². The first-order chi connectivity index (χ1) is 14.6. The maximum atomic E-state index is 14.0. The zero-order valence-corrected chi connectivity index (χ0v) is 15.7. The number of hydrogen-bond acceptors (Lipinski definition) is 4. The molecule has 0 amide bonds. The van der Waals surface area contributed by atoms with E-state index in [4.69, 9.17) is 0 Å². The van der Waals surface area contributed by atoms with E-state index in [9.17, 15) is 79.4 Å². The molecule has 2 unspecified atom stereocenters. The molecule has 0 aliphatic heterocycles. The lowest BCUT2D eigenvalue weighted by Gasteiger charge is -2.39. The van der Waals surface area contributed by atoms with Crippen molar-refractivity contribution >= 4 is 5.97 Å². The SMILES string of the molecule is CCCCOC(=O)C(F)(OC(F)(F)C(F)(OC(F)(F)C(F)(F)C(F)(F)F)C(F)(F)F)C(F)(F)F.